The molecular weight excluding hydrogens is 264 g/mol. The molecule has 2 aromatic rings. The Hall–Kier alpha value is -2.90. The van der Waals surface area contributed by atoms with E-state index in [0.717, 1.165) is 0 Å². The summed E-state index contributed by atoms with van der Waals surface area (Å²) < 4.78 is 6.28. The van der Waals surface area contributed by atoms with Gasteiger partial charge >= 0.3 is 5.97 Å². The minimum Gasteiger partial charge on any atom is -0.461 e. The molecule has 1 aromatic carbocycles. The van der Waals surface area contributed by atoms with E-state index in [1.807, 2.05) is 0 Å². The van der Waals surface area contributed by atoms with Crippen molar-refractivity contribution in [2.45, 2.75) is 6.92 Å². The molecule has 2 rings (SSSR count). The largest absolute Gasteiger partial charge is 0.461 e. The summed E-state index contributed by atoms with van der Waals surface area (Å²) in [5, 5.41) is 10.6. The van der Waals surface area contributed by atoms with Gasteiger partial charge in [-0.3, -0.25) is 14.7 Å². The molecule has 0 bridgehead atoms. The van der Waals surface area contributed by atoms with Gasteiger partial charge in [0.05, 0.1) is 11.5 Å². The van der Waals surface area contributed by atoms with Crippen LogP contribution in [0.3, 0.4) is 0 Å². The topological polar surface area (TPSA) is 113 Å². The van der Waals surface area contributed by atoms with Crippen LogP contribution >= 0.6 is 0 Å². The Morgan fingerprint density at radius 3 is 2.65 bits per heavy atom. The number of hydrogen-bond donors (Lipinski definition) is 1. The van der Waals surface area contributed by atoms with Crippen molar-refractivity contribution in [3.63, 3.8) is 0 Å². The Morgan fingerprint density at radius 2 is 2.10 bits per heavy atom. The molecule has 2 N–H and O–H groups in total. The fourth-order valence-corrected chi connectivity index (χ4v) is 1.66. The number of rotatable bonds is 4. The van der Waals surface area contributed by atoms with Crippen LogP contribution in [0.2, 0.25) is 0 Å². The van der Waals surface area contributed by atoms with E-state index in [4.69, 9.17) is 10.5 Å². The molecule has 1 heterocycles. The zero-order valence-corrected chi connectivity index (χ0v) is 10.6. The van der Waals surface area contributed by atoms with Gasteiger partial charge in [0.2, 0.25) is 0 Å². The second-order valence-corrected chi connectivity index (χ2v) is 3.84. The van der Waals surface area contributed by atoms with Gasteiger partial charge in [-0.05, 0) is 19.1 Å². The maximum Gasteiger partial charge on any atom is 0.360 e. The number of benzene rings is 1. The molecule has 0 radical (unpaired) electrons. The second kappa shape index (κ2) is 5.39. The smallest absolute Gasteiger partial charge is 0.360 e. The molecule has 8 nitrogen and oxygen atoms in total. The number of nitro benzene ring substituents is 1. The average molecular weight is 276 g/mol. The number of carbonyl (C=O) groups excluding carboxylic acids is 1. The van der Waals surface area contributed by atoms with Crippen LogP contribution in [0, 0.1) is 10.1 Å². The highest BCUT2D eigenvalue weighted by Gasteiger charge is 2.17. The van der Waals surface area contributed by atoms with Crippen molar-refractivity contribution in [1.82, 2.24) is 9.55 Å². The molecule has 0 atom stereocenters. The Morgan fingerprint density at radius 1 is 1.45 bits per heavy atom. The highest BCUT2D eigenvalue weighted by atomic mass is 16.6. The van der Waals surface area contributed by atoms with Gasteiger partial charge in [0.15, 0.2) is 5.69 Å². The first kappa shape index (κ1) is 13.5. The Balaban J connectivity index is 2.34. The van der Waals surface area contributed by atoms with E-state index in [2.05, 4.69) is 4.98 Å². The average Bonchev–Trinajstić information content (AvgIpc) is 2.81. The second-order valence-electron chi connectivity index (χ2n) is 3.84. The van der Waals surface area contributed by atoms with Crippen molar-refractivity contribution in [2.24, 2.45) is 0 Å². The van der Waals surface area contributed by atoms with Crippen LogP contribution in [0.15, 0.2) is 30.6 Å². The van der Waals surface area contributed by atoms with E-state index < -0.39 is 10.9 Å². The standard InChI is InChI=1S/C12H12N4O4/c1-2-20-12(17)10-11(13)15(7-14-10)8-3-5-9(6-4-8)16(18)19/h3-7H,2,13H2,1H3. The summed E-state index contributed by atoms with van der Waals surface area (Å²) in [6.45, 7) is 1.91. The zero-order valence-electron chi connectivity index (χ0n) is 10.6. The lowest BCUT2D eigenvalue weighted by Gasteiger charge is -2.05. The highest BCUT2D eigenvalue weighted by Crippen LogP contribution is 2.20. The third-order valence-corrected chi connectivity index (χ3v) is 2.61. The molecule has 0 unspecified atom stereocenters. The van der Waals surface area contributed by atoms with Gasteiger partial charge in [-0.2, -0.15) is 0 Å². The number of nitrogens with zero attached hydrogens (tertiary/aromatic N) is 3. The summed E-state index contributed by atoms with van der Waals surface area (Å²) in [5.74, 6) is -0.483. The fourth-order valence-electron chi connectivity index (χ4n) is 1.66. The molecule has 0 spiro atoms. The highest BCUT2D eigenvalue weighted by molar-refractivity contribution is 5.92. The maximum absolute atomic E-state index is 11.6. The number of nitrogen functional groups attached to an aromatic ring is 1. The third kappa shape index (κ3) is 2.44. The van der Waals surface area contributed by atoms with Crippen LogP contribution in [-0.4, -0.2) is 27.1 Å². The number of imidazole rings is 1. The summed E-state index contributed by atoms with van der Waals surface area (Å²) in [5.41, 5.74) is 6.39. The van der Waals surface area contributed by atoms with E-state index in [1.165, 1.54) is 35.2 Å². The van der Waals surface area contributed by atoms with Crippen LogP contribution in [0.5, 0.6) is 0 Å². The van der Waals surface area contributed by atoms with Gasteiger partial charge in [0.25, 0.3) is 5.69 Å². The zero-order chi connectivity index (χ0) is 14.7. The quantitative estimate of drug-likeness (QED) is 0.514. The first-order valence-corrected chi connectivity index (χ1v) is 5.79. The SMILES string of the molecule is CCOC(=O)c1ncn(-c2ccc([N+](=O)[O-])cc2)c1N. The van der Waals surface area contributed by atoms with E-state index in [1.54, 1.807) is 6.92 Å². The number of aromatic nitrogens is 2. The molecule has 0 aliphatic rings. The first-order valence-electron chi connectivity index (χ1n) is 5.79. The van der Waals surface area contributed by atoms with Crippen LogP contribution in [0.25, 0.3) is 5.69 Å². The van der Waals surface area contributed by atoms with Crippen molar-refractivity contribution >= 4 is 17.5 Å². The number of ether oxygens (including phenoxy) is 1. The normalized spacial score (nSPS) is 10.2. The first-order chi connectivity index (χ1) is 9.54. The van der Waals surface area contributed by atoms with Crippen LogP contribution in [0.4, 0.5) is 11.5 Å². The maximum atomic E-state index is 11.6. The monoisotopic (exact) mass is 276 g/mol. The summed E-state index contributed by atoms with van der Waals surface area (Å²) >= 11 is 0. The predicted octanol–water partition coefficient (Wildman–Crippen LogP) is 1.54. The van der Waals surface area contributed by atoms with E-state index in [0.29, 0.717) is 5.69 Å². The Kier molecular flexibility index (Phi) is 3.65. The van der Waals surface area contributed by atoms with E-state index in [-0.39, 0.29) is 23.8 Å². The minimum absolute atomic E-state index is 0.0187. The summed E-state index contributed by atoms with van der Waals surface area (Å²) in [6.07, 6.45) is 1.36. The molecule has 8 heteroatoms. The van der Waals surface area contributed by atoms with Gasteiger partial charge in [-0.15, -0.1) is 0 Å². The van der Waals surface area contributed by atoms with Gasteiger partial charge in [-0.1, -0.05) is 0 Å². The van der Waals surface area contributed by atoms with Crippen molar-refractivity contribution in [3.8, 4) is 5.69 Å². The number of carbonyl (C=O) groups is 1. The van der Waals surface area contributed by atoms with Crippen molar-refractivity contribution in [3.05, 3.63) is 46.4 Å². The number of esters is 1. The molecule has 20 heavy (non-hydrogen) atoms. The molecule has 0 saturated heterocycles. The van der Waals surface area contributed by atoms with E-state index in [9.17, 15) is 14.9 Å². The lowest BCUT2D eigenvalue weighted by Crippen LogP contribution is -2.09. The lowest BCUT2D eigenvalue weighted by atomic mass is 10.3. The number of anilines is 1. The molecule has 0 aliphatic heterocycles. The van der Waals surface area contributed by atoms with Crippen molar-refractivity contribution in [1.29, 1.82) is 0 Å². The number of hydrogen-bond acceptors (Lipinski definition) is 6. The molecule has 1 aromatic heterocycles. The molecule has 0 fully saturated rings. The molecule has 0 aliphatic carbocycles. The predicted molar refractivity (Wildman–Crippen MR) is 70.6 cm³/mol. The van der Waals surface area contributed by atoms with Gasteiger partial charge in [-0.25, -0.2) is 9.78 Å². The van der Waals surface area contributed by atoms with Crippen LogP contribution in [-0.2, 0) is 4.74 Å². The van der Waals surface area contributed by atoms with Gasteiger partial charge in [0, 0.05) is 17.8 Å². The number of non-ortho nitro benzene ring substituents is 1. The summed E-state index contributed by atoms with van der Waals surface area (Å²) in [4.78, 5) is 25.6. The van der Waals surface area contributed by atoms with Gasteiger partial charge < -0.3 is 10.5 Å². The Bertz CT molecular complexity index is 648. The number of nitrogens with two attached hydrogens (primary N) is 1. The lowest BCUT2D eigenvalue weighted by molar-refractivity contribution is -0.384. The van der Waals surface area contributed by atoms with Crippen LogP contribution < -0.4 is 5.73 Å². The molecule has 104 valence electrons. The third-order valence-electron chi connectivity index (χ3n) is 2.61. The minimum atomic E-state index is -0.606. The van der Waals surface area contributed by atoms with E-state index >= 15 is 0 Å². The van der Waals surface area contributed by atoms with Crippen LogP contribution in [0.1, 0.15) is 17.4 Å². The summed E-state index contributed by atoms with van der Waals surface area (Å²) in [7, 11) is 0. The van der Waals surface area contributed by atoms with Crippen molar-refractivity contribution in [2.75, 3.05) is 12.3 Å². The van der Waals surface area contributed by atoms with Gasteiger partial charge in [0.1, 0.15) is 12.1 Å². The molecular formula is C12H12N4O4. The number of nitro groups is 1. The fraction of sp³-hybridized carbons (Fsp3) is 0.167. The van der Waals surface area contributed by atoms with Crippen molar-refractivity contribution < 1.29 is 14.5 Å². The Labute approximate surface area is 113 Å². The molecule has 0 amide bonds. The molecule has 0 saturated carbocycles. The summed E-state index contributed by atoms with van der Waals surface area (Å²) in [6, 6.07) is 5.73.